The molecule has 1 heterocycles. The van der Waals surface area contributed by atoms with Crippen LogP contribution in [0.2, 0.25) is 0 Å². The third-order valence-corrected chi connectivity index (χ3v) is 4.16. The minimum absolute atomic E-state index is 0.0437. The Morgan fingerprint density at radius 1 is 1.29 bits per heavy atom. The second-order valence-corrected chi connectivity index (χ2v) is 5.82. The van der Waals surface area contributed by atoms with Gasteiger partial charge in [0.2, 0.25) is 5.91 Å². The number of thiophene rings is 1. The fraction of sp³-hybridized carbons (Fsp3) is 0.312. The zero-order chi connectivity index (χ0) is 15.2. The Bertz CT molecular complexity index is 593. The molecular weight excluding hydrogens is 284 g/mol. The van der Waals surface area contributed by atoms with Crippen LogP contribution in [0.25, 0.3) is 0 Å². The maximum Gasteiger partial charge on any atom is 0.221 e. The molecule has 4 nitrogen and oxygen atoms in total. The second-order valence-electron chi connectivity index (χ2n) is 4.81. The Balaban J connectivity index is 1.95. The molecule has 1 amide bonds. The van der Waals surface area contributed by atoms with Crippen molar-refractivity contribution in [3.63, 3.8) is 0 Å². The summed E-state index contributed by atoms with van der Waals surface area (Å²) in [6.45, 7) is 4.36. The van der Waals surface area contributed by atoms with Crippen LogP contribution >= 0.6 is 11.3 Å². The Kier molecular flexibility index (Phi) is 5.36. The number of hydrogen-bond acceptors (Lipinski definition) is 4. The van der Waals surface area contributed by atoms with Gasteiger partial charge in [0.1, 0.15) is 5.75 Å². The highest BCUT2D eigenvalue weighted by Gasteiger charge is 2.09. The molecule has 5 heteroatoms. The van der Waals surface area contributed by atoms with Gasteiger partial charge in [-0.25, -0.2) is 0 Å². The van der Waals surface area contributed by atoms with E-state index in [0.717, 1.165) is 22.9 Å². The van der Waals surface area contributed by atoms with Gasteiger partial charge in [-0.1, -0.05) is 12.1 Å². The molecule has 1 aromatic heterocycles. The number of hydrogen-bond donors (Lipinski definition) is 2. The minimum Gasteiger partial charge on any atom is -0.497 e. The van der Waals surface area contributed by atoms with Crippen molar-refractivity contribution in [3.05, 3.63) is 46.2 Å². The van der Waals surface area contributed by atoms with Crippen molar-refractivity contribution in [2.75, 3.05) is 12.4 Å². The molecule has 1 unspecified atom stereocenters. The van der Waals surface area contributed by atoms with E-state index >= 15 is 0 Å². The monoisotopic (exact) mass is 304 g/mol. The molecule has 2 N–H and O–H groups in total. The average Bonchev–Trinajstić information content (AvgIpc) is 2.91. The lowest BCUT2D eigenvalue weighted by atomic mass is 10.1. The molecule has 0 radical (unpaired) electrons. The summed E-state index contributed by atoms with van der Waals surface area (Å²) in [5.74, 6) is 0.815. The molecule has 1 atom stereocenters. The normalized spacial score (nSPS) is 12.0. The van der Waals surface area contributed by atoms with E-state index in [9.17, 15) is 4.79 Å². The third-order valence-electron chi connectivity index (χ3n) is 3.24. The van der Waals surface area contributed by atoms with Gasteiger partial charge in [0.05, 0.1) is 12.8 Å². The van der Waals surface area contributed by atoms with Gasteiger partial charge < -0.3 is 15.4 Å². The number of benzene rings is 1. The Hall–Kier alpha value is -1.85. The Morgan fingerprint density at radius 3 is 2.62 bits per heavy atom. The highest BCUT2D eigenvalue weighted by molar-refractivity contribution is 7.10. The van der Waals surface area contributed by atoms with Crippen molar-refractivity contribution in [2.24, 2.45) is 0 Å². The van der Waals surface area contributed by atoms with Crippen LogP contribution in [-0.2, 0) is 11.3 Å². The van der Waals surface area contributed by atoms with Gasteiger partial charge in [-0.05, 0) is 36.1 Å². The van der Waals surface area contributed by atoms with E-state index < -0.39 is 0 Å². The first-order chi connectivity index (χ1) is 10.1. The quantitative estimate of drug-likeness (QED) is 0.858. The number of carbonyl (C=O) groups excluding carboxylic acids is 1. The maximum absolute atomic E-state index is 11.1. The van der Waals surface area contributed by atoms with Crippen molar-refractivity contribution in [2.45, 2.75) is 26.4 Å². The summed E-state index contributed by atoms with van der Waals surface area (Å²) >= 11 is 1.64. The predicted octanol–water partition coefficient (Wildman–Crippen LogP) is 3.57. The molecule has 0 aliphatic heterocycles. The number of carbonyl (C=O) groups is 1. The van der Waals surface area contributed by atoms with Crippen molar-refractivity contribution in [3.8, 4) is 5.75 Å². The number of nitrogens with one attached hydrogen (secondary N) is 2. The average molecular weight is 304 g/mol. The molecule has 0 aliphatic rings. The van der Waals surface area contributed by atoms with E-state index in [1.54, 1.807) is 18.4 Å². The van der Waals surface area contributed by atoms with Gasteiger partial charge in [0, 0.05) is 24.4 Å². The topological polar surface area (TPSA) is 50.4 Å². The molecule has 21 heavy (non-hydrogen) atoms. The minimum atomic E-state index is -0.0437. The van der Waals surface area contributed by atoms with E-state index in [1.807, 2.05) is 23.6 Å². The largest absolute Gasteiger partial charge is 0.497 e. The fourth-order valence-corrected chi connectivity index (χ4v) is 2.82. The zero-order valence-corrected chi connectivity index (χ0v) is 13.3. The summed E-state index contributed by atoms with van der Waals surface area (Å²) in [6, 6.07) is 10.2. The number of rotatable bonds is 6. The van der Waals surface area contributed by atoms with Crippen LogP contribution in [0.1, 0.15) is 30.3 Å². The molecule has 0 aliphatic carbocycles. The third kappa shape index (κ3) is 4.31. The van der Waals surface area contributed by atoms with Crippen LogP contribution in [0.4, 0.5) is 5.69 Å². The van der Waals surface area contributed by atoms with Crippen molar-refractivity contribution in [1.82, 2.24) is 5.32 Å². The number of anilines is 1. The van der Waals surface area contributed by atoms with Crippen LogP contribution in [0.15, 0.2) is 35.7 Å². The molecule has 1 aromatic carbocycles. The van der Waals surface area contributed by atoms with E-state index in [-0.39, 0.29) is 11.9 Å². The molecule has 0 bridgehead atoms. The molecule has 0 saturated carbocycles. The van der Waals surface area contributed by atoms with E-state index in [2.05, 4.69) is 29.7 Å². The van der Waals surface area contributed by atoms with Crippen LogP contribution in [0.3, 0.4) is 0 Å². The Morgan fingerprint density at radius 2 is 2.00 bits per heavy atom. The fourth-order valence-electron chi connectivity index (χ4n) is 2.03. The summed E-state index contributed by atoms with van der Waals surface area (Å²) in [7, 11) is 1.66. The van der Waals surface area contributed by atoms with Crippen molar-refractivity contribution >= 4 is 22.9 Å². The molecular formula is C16H20N2O2S. The van der Waals surface area contributed by atoms with Crippen molar-refractivity contribution < 1.29 is 9.53 Å². The summed E-state index contributed by atoms with van der Waals surface area (Å²) < 4.78 is 5.16. The van der Waals surface area contributed by atoms with Gasteiger partial charge in [0.15, 0.2) is 0 Å². The Labute approximate surface area is 129 Å². The lowest BCUT2D eigenvalue weighted by Gasteiger charge is -2.15. The number of methoxy groups -OCH3 is 1. The predicted molar refractivity (Wildman–Crippen MR) is 86.9 cm³/mol. The van der Waals surface area contributed by atoms with Gasteiger partial charge in [-0.3, -0.25) is 4.79 Å². The number of ether oxygens (including phenoxy) is 1. The highest BCUT2D eigenvalue weighted by Crippen LogP contribution is 2.24. The summed E-state index contributed by atoms with van der Waals surface area (Å²) in [5.41, 5.74) is 2.09. The SMILES string of the molecule is COc1ccc(C(C)NCc2sccc2NC(C)=O)cc1. The first kappa shape index (κ1) is 15.5. The van der Waals surface area contributed by atoms with E-state index in [1.165, 1.54) is 12.5 Å². The van der Waals surface area contributed by atoms with Crippen LogP contribution in [0.5, 0.6) is 5.75 Å². The zero-order valence-electron chi connectivity index (χ0n) is 12.5. The summed E-state index contributed by atoms with van der Waals surface area (Å²) in [5, 5.41) is 8.30. The lowest BCUT2D eigenvalue weighted by molar-refractivity contribution is -0.114. The van der Waals surface area contributed by atoms with Crippen molar-refractivity contribution in [1.29, 1.82) is 0 Å². The van der Waals surface area contributed by atoms with E-state index in [4.69, 9.17) is 4.74 Å². The summed E-state index contributed by atoms with van der Waals surface area (Å²) in [4.78, 5) is 12.3. The highest BCUT2D eigenvalue weighted by atomic mass is 32.1. The van der Waals surface area contributed by atoms with Crippen LogP contribution < -0.4 is 15.4 Å². The first-order valence-corrected chi connectivity index (χ1v) is 7.69. The van der Waals surface area contributed by atoms with E-state index in [0.29, 0.717) is 0 Å². The van der Waals surface area contributed by atoms with Gasteiger partial charge >= 0.3 is 0 Å². The van der Waals surface area contributed by atoms with Gasteiger partial charge in [-0.15, -0.1) is 11.3 Å². The lowest BCUT2D eigenvalue weighted by Crippen LogP contribution is -2.18. The molecule has 2 aromatic rings. The molecule has 2 rings (SSSR count). The molecule has 0 saturated heterocycles. The standard InChI is InChI=1S/C16H20N2O2S/c1-11(13-4-6-14(20-3)7-5-13)17-10-16-15(8-9-21-16)18-12(2)19/h4-9,11,17H,10H2,1-3H3,(H,18,19). The first-order valence-electron chi connectivity index (χ1n) is 6.81. The molecule has 0 spiro atoms. The maximum atomic E-state index is 11.1. The van der Waals surface area contributed by atoms with Crippen LogP contribution in [0, 0.1) is 0 Å². The van der Waals surface area contributed by atoms with Crippen LogP contribution in [-0.4, -0.2) is 13.0 Å². The number of amides is 1. The smallest absolute Gasteiger partial charge is 0.221 e. The summed E-state index contributed by atoms with van der Waals surface area (Å²) in [6.07, 6.45) is 0. The van der Waals surface area contributed by atoms with Gasteiger partial charge in [0.25, 0.3) is 0 Å². The second kappa shape index (κ2) is 7.24. The molecule has 0 fully saturated rings. The van der Waals surface area contributed by atoms with Gasteiger partial charge in [-0.2, -0.15) is 0 Å². The molecule has 112 valence electrons.